The molecule has 0 saturated carbocycles. The van der Waals surface area contributed by atoms with Crippen molar-refractivity contribution in [3.05, 3.63) is 74.5 Å². The lowest BCUT2D eigenvalue weighted by Gasteiger charge is -2.25. The molecule has 0 spiro atoms. The van der Waals surface area contributed by atoms with Gasteiger partial charge in [0.05, 0.1) is 16.6 Å². The standard InChI is InChI=1S/C23H25ClN2O4S/c1-15-9-10-16(2)22-19(15)12-17(23(27)25-22)13-26(14-18-6-5-11-30-18)31(28,29)21-8-4-3-7-20(21)24/h3-4,7-10,12,18H,5-6,11,13-14H2,1-2H3,(H,25,27). The summed E-state index contributed by atoms with van der Waals surface area (Å²) in [5, 5.41) is 1.06. The fourth-order valence-corrected chi connectivity index (χ4v) is 5.92. The minimum Gasteiger partial charge on any atom is -0.377 e. The molecule has 1 aliphatic heterocycles. The van der Waals surface area contributed by atoms with Crippen LogP contribution in [0, 0.1) is 13.8 Å². The number of hydrogen-bond acceptors (Lipinski definition) is 4. The third-order valence-corrected chi connectivity index (χ3v) is 8.06. The Morgan fingerprint density at radius 1 is 1.16 bits per heavy atom. The predicted octanol–water partition coefficient (Wildman–Crippen LogP) is 4.17. The van der Waals surface area contributed by atoms with Gasteiger partial charge in [0.15, 0.2) is 0 Å². The average molecular weight is 461 g/mol. The molecule has 3 aromatic rings. The molecule has 1 atom stereocenters. The van der Waals surface area contributed by atoms with Crippen LogP contribution in [0.1, 0.15) is 29.5 Å². The van der Waals surface area contributed by atoms with Crippen molar-refractivity contribution in [2.45, 2.75) is 44.2 Å². The largest absolute Gasteiger partial charge is 0.377 e. The fourth-order valence-electron chi connectivity index (χ4n) is 3.98. The van der Waals surface area contributed by atoms with E-state index in [1.54, 1.807) is 24.3 Å². The van der Waals surface area contributed by atoms with Gasteiger partial charge in [-0.2, -0.15) is 4.31 Å². The van der Waals surface area contributed by atoms with Crippen LogP contribution in [0.2, 0.25) is 5.02 Å². The van der Waals surface area contributed by atoms with Crippen molar-refractivity contribution in [2.75, 3.05) is 13.2 Å². The number of sulfonamides is 1. The van der Waals surface area contributed by atoms with E-state index >= 15 is 0 Å². The fraction of sp³-hybridized carbons (Fsp3) is 0.348. The van der Waals surface area contributed by atoms with Gasteiger partial charge < -0.3 is 9.72 Å². The maximum absolute atomic E-state index is 13.5. The van der Waals surface area contributed by atoms with Crippen LogP contribution in [0.15, 0.2) is 52.2 Å². The molecule has 1 aromatic heterocycles. The topological polar surface area (TPSA) is 79.5 Å². The average Bonchev–Trinajstić information content (AvgIpc) is 3.24. The molecule has 0 aliphatic carbocycles. The van der Waals surface area contributed by atoms with Crippen LogP contribution in [-0.2, 0) is 21.3 Å². The molecule has 1 N–H and O–H groups in total. The van der Waals surface area contributed by atoms with E-state index in [9.17, 15) is 13.2 Å². The van der Waals surface area contributed by atoms with E-state index in [-0.39, 0.29) is 34.7 Å². The van der Waals surface area contributed by atoms with Crippen molar-refractivity contribution in [2.24, 2.45) is 0 Å². The number of benzene rings is 2. The second-order valence-electron chi connectivity index (χ2n) is 7.97. The molecule has 2 aromatic carbocycles. The summed E-state index contributed by atoms with van der Waals surface area (Å²) < 4.78 is 34.0. The number of aromatic nitrogens is 1. The van der Waals surface area contributed by atoms with Gasteiger partial charge in [0.2, 0.25) is 10.0 Å². The molecule has 1 aliphatic rings. The van der Waals surface area contributed by atoms with Gasteiger partial charge in [0.25, 0.3) is 5.56 Å². The van der Waals surface area contributed by atoms with Gasteiger partial charge in [-0.05, 0) is 56.0 Å². The van der Waals surface area contributed by atoms with Crippen LogP contribution in [0.3, 0.4) is 0 Å². The number of pyridine rings is 1. The van der Waals surface area contributed by atoms with E-state index in [1.807, 2.05) is 26.0 Å². The Morgan fingerprint density at radius 2 is 1.90 bits per heavy atom. The smallest absolute Gasteiger partial charge is 0.252 e. The number of ether oxygens (including phenoxy) is 1. The van der Waals surface area contributed by atoms with Crippen LogP contribution < -0.4 is 5.56 Å². The number of nitrogens with zero attached hydrogens (tertiary/aromatic N) is 1. The summed E-state index contributed by atoms with van der Waals surface area (Å²) >= 11 is 6.22. The number of aromatic amines is 1. The summed E-state index contributed by atoms with van der Waals surface area (Å²) in [5.74, 6) is 0. The molecule has 1 unspecified atom stereocenters. The Balaban J connectivity index is 1.78. The van der Waals surface area contributed by atoms with E-state index < -0.39 is 10.0 Å². The minimum atomic E-state index is -3.94. The molecular weight excluding hydrogens is 436 g/mol. The lowest BCUT2D eigenvalue weighted by atomic mass is 10.0. The highest BCUT2D eigenvalue weighted by Crippen LogP contribution is 2.27. The molecule has 164 valence electrons. The highest BCUT2D eigenvalue weighted by Gasteiger charge is 2.31. The maximum Gasteiger partial charge on any atom is 0.252 e. The van der Waals surface area contributed by atoms with E-state index in [0.717, 1.165) is 34.9 Å². The normalized spacial score (nSPS) is 17.0. The molecule has 1 fully saturated rings. The number of hydrogen-bond donors (Lipinski definition) is 1. The summed E-state index contributed by atoms with van der Waals surface area (Å²) in [5.41, 5.74) is 2.83. The number of aryl methyl sites for hydroxylation is 2. The number of fused-ring (bicyclic) bond motifs is 1. The first-order chi connectivity index (χ1) is 14.8. The molecule has 8 heteroatoms. The molecule has 2 heterocycles. The summed E-state index contributed by atoms with van der Waals surface area (Å²) in [7, 11) is -3.94. The zero-order chi connectivity index (χ0) is 22.2. The van der Waals surface area contributed by atoms with E-state index in [4.69, 9.17) is 16.3 Å². The van der Waals surface area contributed by atoms with Crippen molar-refractivity contribution in [3.8, 4) is 0 Å². The first kappa shape index (κ1) is 22.0. The van der Waals surface area contributed by atoms with Gasteiger partial charge in [-0.25, -0.2) is 8.42 Å². The number of nitrogens with one attached hydrogen (secondary N) is 1. The second kappa shape index (κ2) is 8.74. The summed E-state index contributed by atoms with van der Waals surface area (Å²) in [6, 6.07) is 12.1. The summed E-state index contributed by atoms with van der Waals surface area (Å²) in [6.45, 7) is 4.61. The number of halogens is 1. The Kier molecular flexibility index (Phi) is 6.21. The SMILES string of the molecule is Cc1ccc(C)c2[nH]c(=O)c(CN(CC3CCCO3)S(=O)(=O)c3ccccc3Cl)cc12. The van der Waals surface area contributed by atoms with Gasteiger partial charge >= 0.3 is 0 Å². The Morgan fingerprint density at radius 3 is 2.61 bits per heavy atom. The van der Waals surface area contributed by atoms with Crippen molar-refractivity contribution in [1.29, 1.82) is 0 Å². The second-order valence-corrected chi connectivity index (χ2v) is 10.3. The minimum absolute atomic E-state index is 0.0268. The van der Waals surface area contributed by atoms with Crippen LogP contribution in [0.5, 0.6) is 0 Å². The molecule has 31 heavy (non-hydrogen) atoms. The highest BCUT2D eigenvalue weighted by molar-refractivity contribution is 7.89. The van der Waals surface area contributed by atoms with E-state index in [0.29, 0.717) is 12.2 Å². The zero-order valence-electron chi connectivity index (χ0n) is 17.5. The lowest BCUT2D eigenvalue weighted by molar-refractivity contribution is 0.0925. The molecule has 1 saturated heterocycles. The molecular formula is C23H25ClN2O4S. The molecule has 0 radical (unpaired) electrons. The van der Waals surface area contributed by atoms with Gasteiger partial charge in [-0.1, -0.05) is 35.9 Å². The predicted molar refractivity (Wildman–Crippen MR) is 122 cm³/mol. The zero-order valence-corrected chi connectivity index (χ0v) is 19.1. The summed E-state index contributed by atoms with van der Waals surface area (Å²) in [4.78, 5) is 15.8. The van der Waals surface area contributed by atoms with Crippen LogP contribution in [-0.4, -0.2) is 37.0 Å². The molecule has 0 bridgehead atoms. The molecule has 6 nitrogen and oxygen atoms in total. The first-order valence-electron chi connectivity index (χ1n) is 10.3. The Bertz CT molecular complexity index is 1280. The highest BCUT2D eigenvalue weighted by atomic mass is 35.5. The van der Waals surface area contributed by atoms with Crippen LogP contribution in [0.4, 0.5) is 0 Å². The van der Waals surface area contributed by atoms with Crippen LogP contribution >= 0.6 is 11.6 Å². The van der Waals surface area contributed by atoms with E-state index in [1.165, 1.54) is 10.4 Å². The third-order valence-electron chi connectivity index (χ3n) is 5.75. The first-order valence-corrected chi connectivity index (χ1v) is 12.1. The van der Waals surface area contributed by atoms with Gasteiger partial charge in [0, 0.05) is 30.6 Å². The van der Waals surface area contributed by atoms with Gasteiger partial charge in [-0.15, -0.1) is 0 Å². The Labute approximate surface area is 186 Å². The molecule has 4 rings (SSSR count). The van der Waals surface area contributed by atoms with Gasteiger partial charge in [0.1, 0.15) is 4.90 Å². The summed E-state index contributed by atoms with van der Waals surface area (Å²) in [6.07, 6.45) is 1.46. The van der Waals surface area contributed by atoms with Crippen molar-refractivity contribution in [1.82, 2.24) is 9.29 Å². The lowest BCUT2D eigenvalue weighted by Crippen LogP contribution is -2.38. The number of H-pyrrole nitrogens is 1. The monoisotopic (exact) mass is 460 g/mol. The maximum atomic E-state index is 13.5. The van der Waals surface area contributed by atoms with Crippen molar-refractivity contribution >= 4 is 32.5 Å². The van der Waals surface area contributed by atoms with E-state index in [2.05, 4.69) is 4.98 Å². The molecule has 0 amide bonds. The van der Waals surface area contributed by atoms with Crippen molar-refractivity contribution < 1.29 is 13.2 Å². The Hall–Kier alpha value is -2.19. The van der Waals surface area contributed by atoms with Gasteiger partial charge in [-0.3, -0.25) is 4.79 Å². The number of rotatable bonds is 6. The van der Waals surface area contributed by atoms with Crippen molar-refractivity contribution in [3.63, 3.8) is 0 Å². The van der Waals surface area contributed by atoms with Crippen LogP contribution in [0.25, 0.3) is 10.9 Å². The quantitative estimate of drug-likeness (QED) is 0.598. The third kappa shape index (κ3) is 4.41.